The lowest BCUT2D eigenvalue weighted by atomic mass is 10.1. The van der Waals surface area contributed by atoms with Crippen molar-refractivity contribution in [2.75, 3.05) is 0 Å². The minimum Gasteiger partial charge on any atom is -0.311 e. The zero-order chi connectivity index (χ0) is 24.0. The fourth-order valence-electron chi connectivity index (χ4n) is 4.12. The van der Waals surface area contributed by atoms with E-state index in [-0.39, 0.29) is 11.6 Å². The zero-order valence-electron chi connectivity index (χ0n) is 19.6. The molecule has 8 nitrogen and oxygen atoms in total. The molecule has 0 fully saturated rings. The molecule has 0 amide bonds. The SMILES string of the molecule is CCCCc1nc(CCc2ccccc2)nn1Cc1ccc(-n2ccc(F)c2-c2nnn[nH]2)cc1. The minimum atomic E-state index is -0.390. The topological polar surface area (TPSA) is 90.1 Å². The first-order valence-corrected chi connectivity index (χ1v) is 11.9. The Morgan fingerprint density at radius 2 is 1.74 bits per heavy atom. The summed E-state index contributed by atoms with van der Waals surface area (Å²) in [5, 5.41) is 18.4. The van der Waals surface area contributed by atoms with Crippen molar-refractivity contribution in [2.24, 2.45) is 0 Å². The Kier molecular flexibility index (Phi) is 6.74. The standard InChI is InChI=1S/C26H27FN8/c1-2-3-9-24-28-23(15-12-19-7-5-4-6-8-19)31-35(24)18-20-10-13-21(14-11-20)34-17-16-22(27)25(34)26-29-32-33-30-26/h4-8,10-11,13-14,16-17H,2-3,9,12,15,18H2,1H3,(H,29,30,32,33). The van der Waals surface area contributed by atoms with Crippen LogP contribution >= 0.6 is 0 Å². The van der Waals surface area contributed by atoms with Crippen LogP contribution in [0.15, 0.2) is 66.9 Å². The first-order valence-electron chi connectivity index (χ1n) is 11.9. The van der Waals surface area contributed by atoms with Crippen LogP contribution in [0, 0.1) is 5.82 Å². The molecule has 0 aliphatic carbocycles. The van der Waals surface area contributed by atoms with Crippen molar-refractivity contribution in [2.45, 2.75) is 45.6 Å². The molecule has 0 atom stereocenters. The van der Waals surface area contributed by atoms with Gasteiger partial charge in [0.25, 0.3) is 0 Å². The molecule has 178 valence electrons. The molecule has 0 saturated heterocycles. The summed E-state index contributed by atoms with van der Waals surface area (Å²) in [6, 6.07) is 19.8. The van der Waals surface area contributed by atoms with Gasteiger partial charge >= 0.3 is 0 Å². The van der Waals surface area contributed by atoms with Crippen molar-refractivity contribution < 1.29 is 4.39 Å². The number of hydrogen-bond acceptors (Lipinski definition) is 5. The Bertz CT molecular complexity index is 1350. The number of H-pyrrole nitrogens is 1. The third-order valence-corrected chi connectivity index (χ3v) is 5.98. The molecule has 1 N–H and O–H groups in total. The lowest BCUT2D eigenvalue weighted by Crippen LogP contribution is -2.07. The predicted octanol–water partition coefficient (Wildman–Crippen LogP) is 4.56. The molecule has 0 unspecified atom stereocenters. The Morgan fingerprint density at radius 1 is 0.914 bits per heavy atom. The van der Waals surface area contributed by atoms with Crippen LogP contribution in [0.5, 0.6) is 0 Å². The Labute approximate surface area is 202 Å². The highest BCUT2D eigenvalue weighted by Gasteiger charge is 2.16. The van der Waals surface area contributed by atoms with Gasteiger partial charge in [-0.15, -0.1) is 5.10 Å². The van der Waals surface area contributed by atoms with Crippen LogP contribution in [0.25, 0.3) is 17.2 Å². The van der Waals surface area contributed by atoms with Gasteiger partial charge in [-0.05, 0) is 52.6 Å². The summed E-state index contributed by atoms with van der Waals surface area (Å²) in [4.78, 5) is 4.85. The van der Waals surface area contributed by atoms with Gasteiger partial charge in [0.05, 0.1) is 6.54 Å². The van der Waals surface area contributed by atoms with E-state index in [0.717, 1.165) is 55.0 Å². The number of aryl methyl sites for hydroxylation is 3. The van der Waals surface area contributed by atoms with Crippen molar-refractivity contribution in [3.8, 4) is 17.2 Å². The highest BCUT2D eigenvalue weighted by atomic mass is 19.1. The van der Waals surface area contributed by atoms with Crippen LogP contribution < -0.4 is 0 Å². The number of nitrogens with zero attached hydrogens (tertiary/aromatic N) is 7. The van der Waals surface area contributed by atoms with Gasteiger partial charge in [-0.25, -0.2) is 19.2 Å². The molecule has 0 aliphatic rings. The van der Waals surface area contributed by atoms with E-state index in [4.69, 9.17) is 10.1 Å². The molecule has 35 heavy (non-hydrogen) atoms. The fraction of sp³-hybridized carbons (Fsp3) is 0.269. The third-order valence-electron chi connectivity index (χ3n) is 5.98. The van der Waals surface area contributed by atoms with Crippen LogP contribution in [-0.4, -0.2) is 40.0 Å². The monoisotopic (exact) mass is 470 g/mol. The molecule has 2 aromatic carbocycles. The van der Waals surface area contributed by atoms with E-state index in [1.54, 1.807) is 10.8 Å². The van der Waals surface area contributed by atoms with E-state index in [1.807, 2.05) is 35.0 Å². The predicted molar refractivity (Wildman–Crippen MR) is 130 cm³/mol. The van der Waals surface area contributed by atoms with Gasteiger partial charge in [0, 0.05) is 24.7 Å². The van der Waals surface area contributed by atoms with Crippen LogP contribution in [0.4, 0.5) is 4.39 Å². The summed E-state index contributed by atoms with van der Waals surface area (Å²) in [5.41, 5.74) is 3.50. The molecular weight excluding hydrogens is 443 g/mol. The van der Waals surface area contributed by atoms with Crippen molar-refractivity contribution >= 4 is 0 Å². The quantitative estimate of drug-likeness (QED) is 0.323. The minimum absolute atomic E-state index is 0.280. The Morgan fingerprint density at radius 3 is 2.49 bits per heavy atom. The number of nitrogens with one attached hydrogen (secondary N) is 1. The highest BCUT2D eigenvalue weighted by Crippen LogP contribution is 2.24. The molecule has 5 rings (SSSR count). The molecular formula is C26H27FN8. The summed E-state index contributed by atoms with van der Waals surface area (Å²) in [5.74, 6) is 1.79. The summed E-state index contributed by atoms with van der Waals surface area (Å²) >= 11 is 0. The van der Waals surface area contributed by atoms with E-state index >= 15 is 0 Å². The van der Waals surface area contributed by atoms with Gasteiger partial charge in [0.2, 0.25) is 0 Å². The molecule has 3 aromatic heterocycles. The first kappa shape index (κ1) is 22.6. The van der Waals surface area contributed by atoms with Crippen LogP contribution in [-0.2, 0) is 25.8 Å². The summed E-state index contributed by atoms with van der Waals surface area (Å²) < 4.78 is 18.1. The second kappa shape index (κ2) is 10.4. The normalized spacial score (nSPS) is 11.3. The molecule has 0 aliphatic heterocycles. The van der Waals surface area contributed by atoms with E-state index < -0.39 is 0 Å². The number of halogens is 1. The second-order valence-electron chi connectivity index (χ2n) is 8.49. The Hall–Kier alpha value is -4.14. The lowest BCUT2D eigenvalue weighted by molar-refractivity contribution is 0.613. The average molecular weight is 471 g/mol. The number of unbranched alkanes of at least 4 members (excludes halogenated alkanes) is 1. The largest absolute Gasteiger partial charge is 0.311 e. The second-order valence-corrected chi connectivity index (χ2v) is 8.49. The maximum Gasteiger partial charge on any atom is 0.199 e. The molecule has 5 aromatic rings. The number of benzene rings is 2. The molecule has 3 heterocycles. The smallest absolute Gasteiger partial charge is 0.199 e. The summed E-state index contributed by atoms with van der Waals surface area (Å²) in [6.07, 6.45) is 6.49. The maximum atomic E-state index is 14.4. The molecule has 9 heteroatoms. The molecule has 0 bridgehead atoms. The van der Waals surface area contributed by atoms with Crippen molar-refractivity contribution in [3.63, 3.8) is 0 Å². The van der Waals surface area contributed by atoms with Crippen LogP contribution in [0.2, 0.25) is 0 Å². The Balaban J connectivity index is 1.34. The van der Waals surface area contributed by atoms with Gasteiger partial charge in [0.1, 0.15) is 11.5 Å². The van der Waals surface area contributed by atoms with Crippen LogP contribution in [0.3, 0.4) is 0 Å². The van der Waals surface area contributed by atoms with Gasteiger partial charge in [-0.2, -0.15) is 5.10 Å². The van der Waals surface area contributed by atoms with E-state index in [0.29, 0.717) is 12.2 Å². The first-order chi connectivity index (χ1) is 17.2. The third kappa shape index (κ3) is 5.18. The number of aromatic amines is 1. The van der Waals surface area contributed by atoms with E-state index in [2.05, 4.69) is 51.8 Å². The van der Waals surface area contributed by atoms with Crippen molar-refractivity contribution in [3.05, 3.63) is 95.5 Å². The van der Waals surface area contributed by atoms with E-state index in [9.17, 15) is 4.39 Å². The summed E-state index contributed by atoms with van der Waals surface area (Å²) in [6.45, 7) is 2.82. The summed E-state index contributed by atoms with van der Waals surface area (Å²) in [7, 11) is 0. The maximum absolute atomic E-state index is 14.4. The van der Waals surface area contributed by atoms with E-state index in [1.165, 1.54) is 11.6 Å². The van der Waals surface area contributed by atoms with Crippen molar-refractivity contribution in [1.82, 2.24) is 40.0 Å². The zero-order valence-corrected chi connectivity index (χ0v) is 19.6. The fourth-order valence-corrected chi connectivity index (χ4v) is 4.12. The number of tetrazole rings is 1. The average Bonchev–Trinajstić information content (AvgIpc) is 3.63. The van der Waals surface area contributed by atoms with Gasteiger partial charge < -0.3 is 4.57 Å². The number of rotatable bonds is 10. The molecule has 0 spiro atoms. The van der Waals surface area contributed by atoms with Gasteiger partial charge in [-0.3, -0.25) is 0 Å². The molecule has 0 radical (unpaired) electrons. The lowest BCUT2D eigenvalue weighted by Gasteiger charge is -2.10. The number of aromatic nitrogens is 8. The highest BCUT2D eigenvalue weighted by molar-refractivity contribution is 5.55. The van der Waals surface area contributed by atoms with Gasteiger partial charge in [-0.1, -0.05) is 55.8 Å². The van der Waals surface area contributed by atoms with Crippen LogP contribution in [0.1, 0.15) is 42.5 Å². The molecule has 0 saturated carbocycles. The van der Waals surface area contributed by atoms with Gasteiger partial charge in [0.15, 0.2) is 17.5 Å². The van der Waals surface area contributed by atoms with Crippen molar-refractivity contribution in [1.29, 1.82) is 0 Å². The number of hydrogen-bond donors (Lipinski definition) is 1.